The molecule has 0 heterocycles. The fourth-order valence-electron chi connectivity index (χ4n) is 1.40. The van der Waals surface area contributed by atoms with E-state index in [9.17, 15) is 25.2 Å². The molecule has 0 fully saturated rings. The van der Waals surface area contributed by atoms with Gasteiger partial charge in [0.2, 0.25) is 5.91 Å². The van der Waals surface area contributed by atoms with Crippen molar-refractivity contribution in [3.05, 3.63) is 0 Å². The molecule has 1 amide bonds. The monoisotopic (exact) mass is 295 g/mol. The number of aliphatic hydroxyl groups is 4. The summed E-state index contributed by atoms with van der Waals surface area (Å²) in [6, 6.07) is -1.30. The number of aliphatic hydroxyl groups excluding tert-OH is 4. The second-order valence-corrected chi connectivity index (χ2v) is 4.50. The molecule has 10 N–H and O–H groups in total. The Kier molecular flexibility index (Phi) is 11.8. The summed E-state index contributed by atoms with van der Waals surface area (Å²) >= 11 is 0. The first kappa shape index (κ1) is 21.5. The Labute approximate surface area is 119 Å². The molecular weight excluding hydrogens is 266 g/mol. The number of hydrogen-bond donors (Lipinski definition) is 7. The van der Waals surface area contributed by atoms with Gasteiger partial charge < -0.3 is 37.6 Å². The van der Waals surface area contributed by atoms with Crippen molar-refractivity contribution in [2.75, 3.05) is 6.54 Å². The zero-order chi connectivity index (χ0) is 16.5. The third-order valence-electron chi connectivity index (χ3n) is 2.97. The first-order valence-electron chi connectivity index (χ1n) is 6.69. The number of nitrogens with two attached hydrogens (primary N) is 3. The number of amides is 1. The molecule has 0 spiro atoms. The van der Waals surface area contributed by atoms with Crippen LogP contribution in [0.25, 0.3) is 0 Å². The second-order valence-electron chi connectivity index (χ2n) is 4.50. The van der Waals surface area contributed by atoms with Gasteiger partial charge in [-0.15, -0.1) is 0 Å². The van der Waals surface area contributed by atoms with Crippen LogP contribution in [0.15, 0.2) is 0 Å². The Balaban J connectivity index is 0. The van der Waals surface area contributed by atoms with Crippen molar-refractivity contribution >= 4 is 5.91 Å². The van der Waals surface area contributed by atoms with Crippen LogP contribution in [0, 0.1) is 5.92 Å². The van der Waals surface area contributed by atoms with Gasteiger partial charge in [-0.1, -0.05) is 20.8 Å². The zero-order valence-electron chi connectivity index (χ0n) is 12.3. The Morgan fingerprint density at radius 2 is 1.55 bits per heavy atom. The summed E-state index contributed by atoms with van der Waals surface area (Å²) in [6.45, 7) is 5.92. The van der Waals surface area contributed by atoms with Gasteiger partial charge in [-0.05, 0) is 12.5 Å². The minimum Gasteiger partial charge on any atom is -0.393 e. The average Bonchev–Trinajstić information content (AvgIpc) is 2.45. The van der Waals surface area contributed by atoms with Crippen molar-refractivity contribution in [2.45, 2.75) is 57.6 Å². The number of hydrogen-bond acceptors (Lipinski definition) is 7. The van der Waals surface area contributed by atoms with Crippen molar-refractivity contribution in [2.24, 2.45) is 23.1 Å². The standard InChI is InChI=1S/C10H23N3O5.C2H6/c1-4(3-11)5(14)2-6(15)7(12)8(16)9(17)10(13)18;1-2/h4-9,14-17H,2-3,11-12H2,1H3,(H2,13,18);1-2H3. The summed E-state index contributed by atoms with van der Waals surface area (Å²) in [7, 11) is 0. The molecular formula is C12H29N3O5. The van der Waals surface area contributed by atoms with Crippen molar-refractivity contribution in [1.29, 1.82) is 0 Å². The fourth-order valence-corrected chi connectivity index (χ4v) is 1.40. The maximum Gasteiger partial charge on any atom is 0.249 e. The predicted molar refractivity (Wildman–Crippen MR) is 75.4 cm³/mol. The van der Waals surface area contributed by atoms with Crippen LogP contribution in [0.4, 0.5) is 0 Å². The quantitative estimate of drug-likeness (QED) is 0.254. The molecule has 0 aromatic rings. The van der Waals surface area contributed by atoms with Crippen molar-refractivity contribution in [3.63, 3.8) is 0 Å². The van der Waals surface area contributed by atoms with E-state index in [-0.39, 0.29) is 18.9 Å². The lowest BCUT2D eigenvalue weighted by molar-refractivity contribution is -0.134. The van der Waals surface area contributed by atoms with Crippen LogP contribution in [0.1, 0.15) is 27.2 Å². The summed E-state index contributed by atoms with van der Waals surface area (Å²) in [5.41, 5.74) is 15.6. The van der Waals surface area contributed by atoms with E-state index < -0.39 is 36.4 Å². The summed E-state index contributed by atoms with van der Waals surface area (Å²) in [5, 5.41) is 38.0. The van der Waals surface area contributed by atoms with Crippen LogP contribution in [0.2, 0.25) is 0 Å². The maximum absolute atomic E-state index is 10.7. The SMILES string of the molecule is CC.CC(CN)C(O)CC(O)C(N)C(O)C(O)C(N)=O. The molecule has 8 heteroatoms. The maximum atomic E-state index is 10.7. The van der Waals surface area contributed by atoms with Crippen LogP contribution in [0.5, 0.6) is 0 Å². The van der Waals surface area contributed by atoms with E-state index in [2.05, 4.69) is 0 Å². The number of primary amides is 1. The second kappa shape index (κ2) is 11.0. The first-order chi connectivity index (χ1) is 9.22. The van der Waals surface area contributed by atoms with Gasteiger partial charge in [0.1, 0.15) is 6.10 Å². The topological polar surface area (TPSA) is 176 Å². The highest BCUT2D eigenvalue weighted by Gasteiger charge is 2.33. The molecule has 0 saturated heterocycles. The molecule has 122 valence electrons. The van der Waals surface area contributed by atoms with Crippen molar-refractivity contribution in [3.8, 4) is 0 Å². The van der Waals surface area contributed by atoms with Crippen LogP contribution in [-0.2, 0) is 4.79 Å². The van der Waals surface area contributed by atoms with Gasteiger partial charge >= 0.3 is 0 Å². The molecule has 0 aliphatic heterocycles. The molecule has 0 saturated carbocycles. The molecule has 0 radical (unpaired) electrons. The summed E-state index contributed by atoms with van der Waals surface area (Å²) < 4.78 is 0. The minimum atomic E-state index is -1.86. The molecule has 8 nitrogen and oxygen atoms in total. The van der Waals surface area contributed by atoms with Crippen LogP contribution in [-0.4, -0.2) is 63.3 Å². The lowest BCUT2D eigenvalue weighted by atomic mass is 9.92. The van der Waals surface area contributed by atoms with Crippen LogP contribution >= 0.6 is 0 Å². The molecule has 6 unspecified atom stereocenters. The highest BCUT2D eigenvalue weighted by atomic mass is 16.3. The van der Waals surface area contributed by atoms with Gasteiger partial charge in [0.25, 0.3) is 0 Å². The highest BCUT2D eigenvalue weighted by molar-refractivity contribution is 5.79. The van der Waals surface area contributed by atoms with Crippen molar-refractivity contribution in [1.82, 2.24) is 0 Å². The predicted octanol–water partition coefficient (Wildman–Crippen LogP) is -2.75. The summed E-state index contributed by atoms with van der Waals surface area (Å²) in [5.74, 6) is -1.38. The van der Waals surface area contributed by atoms with E-state index in [0.717, 1.165) is 0 Å². The van der Waals surface area contributed by atoms with E-state index in [1.54, 1.807) is 6.92 Å². The molecule has 6 atom stereocenters. The molecule has 0 aliphatic carbocycles. The molecule has 0 aliphatic rings. The molecule has 0 rings (SSSR count). The zero-order valence-corrected chi connectivity index (χ0v) is 12.3. The Hall–Kier alpha value is -0.770. The summed E-state index contributed by atoms with van der Waals surface area (Å²) in [6.07, 6.45) is -5.87. The normalized spacial score (nSPS) is 19.9. The first-order valence-corrected chi connectivity index (χ1v) is 6.69. The third kappa shape index (κ3) is 7.13. The van der Waals surface area contributed by atoms with Gasteiger partial charge in [-0.3, -0.25) is 4.79 Å². The Bertz CT molecular complexity index is 267. The van der Waals surface area contributed by atoms with E-state index >= 15 is 0 Å². The van der Waals surface area contributed by atoms with Gasteiger partial charge in [0.05, 0.1) is 18.2 Å². The molecule has 0 bridgehead atoms. The van der Waals surface area contributed by atoms with Crippen molar-refractivity contribution < 1.29 is 25.2 Å². The average molecular weight is 295 g/mol. The smallest absolute Gasteiger partial charge is 0.249 e. The number of rotatable bonds is 8. The fraction of sp³-hybridized carbons (Fsp3) is 0.917. The van der Waals surface area contributed by atoms with E-state index in [0.29, 0.717) is 0 Å². The number of carbonyl (C=O) groups is 1. The molecule has 0 aromatic carbocycles. The number of carbonyl (C=O) groups excluding carboxylic acids is 1. The van der Waals surface area contributed by atoms with Gasteiger partial charge in [0.15, 0.2) is 6.10 Å². The largest absolute Gasteiger partial charge is 0.393 e. The van der Waals surface area contributed by atoms with E-state index in [1.807, 2.05) is 13.8 Å². The lowest BCUT2D eigenvalue weighted by Crippen LogP contribution is -2.54. The van der Waals surface area contributed by atoms with Gasteiger partial charge in [0, 0.05) is 6.42 Å². The van der Waals surface area contributed by atoms with E-state index in [4.69, 9.17) is 17.2 Å². The minimum absolute atomic E-state index is 0.123. The Morgan fingerprint density at radius 3 is 1.90 bits per heavy atom. The van der Waals surface area contributed by atoms with Crippen LogP contribution in [0.3, 0.4) is 0 Å². The van der Waals surface area contributed by atoms with E-state index in [1.165, 1.54) is 0 Å². The van der Waals surface area contributed by atoms with Crippen LogP contribution < -0.4 is 17.2 Å². The Morgan fingerprint density at radius 1 is 1.10 bits per heavy atom. The summed E-state index contributed by atoms with van der Waals surface area (Å²) in [4.78, 5) is 10.7. The molecule has 20 heavy (non-hydrogen) atoms. The highest BCUT2D eigenvalue weighted by Crippen LogP contribution is 2.12. The van der Waals surface area contributed by atoms with Gasteiger partial charge in [-0.2, -0.15) is 0 Å². The van der Waals surface area contributed by atoms with Gasteiger partial charge in [-0.25, -0.2) is 0 Å². The third-order valence-corrected chi connectivity index (χ3v) is 2.97. The lowest BCUT2D eigenvalue weighted by Gasteiger charge is -2.28. The molecule has 0 aromatic heterocycles.